The standard InChI is InChI=1S/C25H27F3N2O3/c1-32-15-5-14-30(24(31)20-9-11-23(33-2)12-10-20)18-22-8-4-13-29(22)17-19-6-3-7-21(16-19)25(26,27)28/h3-4,6-13,16H,5,14-15,17-18H2,1-2H3. The Morgan fingerprint density at radius 1 is 1.03 bits per heavy atom. The average Bonchev–Trinajstić information content (AvgIpc) is 3.24. The second-order valence-corrected chi connectivity index (χ2v) is 7.63. The number of methoxy groups -OCH3 is 2. The highest BCUT2D eigenvalue weighted by Gasteiger charge is 2.30. The van der Waals surface area contributed by atoms with Crippen LogP contribution in [0.5, 0.6) is 5.75 Å². The van der Waals surface area contributed by atoms with E-state index in [4.69, 9.17) is 9.47 Å². The molecule has 0 N–H and O–H groups in total. The third-order valence-corrected chi connectivity index (χ3v) is 5.28. The third-order valence-electron chi connectivity index (χ3n) is 5.28. The Balaban J connectivity index is 1.79. The molecule has 0 spiro atoms. The molecule has 0 atom stereocenters. The van der Waals surface area contributed by atoms with Gasteiger partial charge < -0.3 is 18.9 Å². The molecule has 0 aliphatic carbocycles. The van der Waals surface area contributed by atoms with E-state index in [9.17, 15) is 18.0 Å². The molecule has 0 aliphatic heterocycles. The van der Waals surface area contributed by atoms with Gasteiger partial charge in [0.05, 0.1) is 19.2 Å². The van der Waals surface area contributed by atoms with Gasteiger partial charge in [0.1, 0.15) is 5.75 Å². The number of aromatic nitrogens is 1. The van der Waals surface area contributed by atoms with Gasteiger partial charge in [-0.05, 0) is 60.5 Å². The van der Waals surface area contributed by atoms with Gasteiger partial charge in [-0.3, -0.25) is 4.79 Å². The van der Waals surface area contributed by atoms with Crippen LogP contribution in [-0.2, 0) is 24.0 Å². The Hall–Kier alpha value is -3.26. The average molecular weight is 460 g/mol. The van der Waals surface area contributed by atoms with Crippen molar-refractivity contribution in [2.75, 3.05) is 27.4 Å². The molecule has 0 bridgehead atoms. The number of hydrogen-bond acceptors (Lipinski definition) is 3. The highest BCUT2D eigenvalue weighted by Crippen LogP contribution is 2.29. The molecule has 3 aromatic rings. The van der Waals surface area contributed by atoms with Gasteiger partial charge in [0.2, 0.25) is 0 Å². The summed E-state index contributed by atoms with van der Waals surface area (Å²) in [6.07, 6.45) is -1.92. The predicted octanol–water partition coefficient (Wildman–Crippen LogP) is 5.24. The zero-order valence-corrected chi connectivity index (χ0v) is 18.6. The zero-order valence-electron chi connectivity index (χ0n) is 18.6. The lowest BCUT2D eigenvalue weighted by molar-refractivity contribution is -0.137. The second-order valence-electron chi connectivity index (χ2n) is 7.63. The molecule has 0 radical (unpaired) electrons. The molecule has 0 fully saturated rings. The molecular formula is C25H27F3N2O3. The van der Waals surface area contributed by atoms with Gasteiger partial charge in [0.15, 0.2) is 0 Å². The Bertz CT molecular complexity index is 1050. The minimum Gasteiger partial charge on any atom is -0.497 e. The van der Waals surface area contributed by atoms with E-state index in [1.807, 2.05) is 16.7 Å². The fourth-order valence-corrected chi connectivity index (χ4v) is 3.55. The molecular weight excluding hydrogens is 433 g/mol. The van der Waals surface area contributed by atoms with E-state index in [1.165, 1.54) is 6.07 Å². The summed E-state index contributed by atoms with van der Waals surface area (Å²) in [4.78, 5) is 14.9. The quantitative estimate of drug-likeness (QED) is 0.389. The number of ether oxygens (including phenoxy) is 2. The van der Waals surface area contributed by atoms with E-state index in [0.717, 1.165) is 17.8 Å². The van der Waals surface area contributed by atoms with Crippen molar-refractivity contribution in [3.05, 3.63) is 89.2 Å². The molecule has 2 aromatic carbocycles. The molecule has 1 heterocycles. The number of carbonyl (C=O) groups is 1. The molecule has 1 amide bonds. The Morgan fingerprint density at radius 2 is 1.79 bits per heavy atom. The van der Waals surface area contributed by atoms with Crippen molar-refractivity contribution < 1.29 is 27.4 Å². The molecule has 176 valence electrons. The normalized spacial score (nSPS) is 11.4. The number of alkyl halides is 3. The van der Waals surface area contributed by atoms with E-state index >= 15 is 0 Å². The van der Waals surface area contributed by atoms with Crippen LogP contribution in [0.4, 0.5) is 13.2 Å². The van der Waals surface area contributed by atoms with Gasteiger partial charge in [0, 0.05) is 44.3 Å². The minimum atomic E-state index is -4.39. The molecule has 0 saturated carbocycles. The number of nitrogens with zero attached hydrogens (tertiary/aromatic N) is 2. The smallest absolute Gasteiger partial charge is 0.416 e. The highest BCUT2D eigenvalue weighted by molar-refractivity contribution is 5.94. The van der Waals surface area contributed by atoms with Crippen molar-refractivity contribution >= 4 is 5.91 Å². The summed E-state index contributed by atoms with van der Waals surface area (Å²) in [6, 6.07) is 15.9. The maximum absolute atomic E-state index is 13.2. The van der Waals surface area contributed by atoms with Crippen LogP contribution < -0.4 is 4.74 Å². The van der Waals surface area contributed by atoms with Crippen LogP contribution in [0.3, 0.4) is 0 Å². The SMILES string of the molecule is COCCCN(Cc1cccn1Cc1cccc(C(F)(F)F)c1)C(=O)c1ccc(OC)cc1. The lowest BCUT2D eigenvalue weighted by Crippen LogP contribution is -2.33. The first-order valence-corrected chi connectivity index (χ1v) is 10.5. The number of hydrogen-bond donors (Lipinski definition) is 0. The van der Waals surface area contributed by atoms with E-state index in [1.54, 1.807) is 55.6 Å². The Labute approximate surface area is 191 Å². The summed E-state index contributed by atoms with van der Waals surface area (Å²) < 4.78 is 51.4. The van der Waals surface area contributed by atoms with E-state index < -0.39 is 11.7 Å². The first-order chi connectivity index (χ1) is 15.8. The van der Waals surface area contributed by atoms with E-state index in [0.29, 0.717) is 43.0 Å². The molecule has 0 aliphatic rings. The zero-order chi connectivity index (χ0) is 23.8. The van der Waals surface area contributed by atoms with Crippen LogP contribution in [0.2, 0.25) is 0 Å². The topological polar surface area (TPSA) is 43.7 Å². The summed E-state index contributed by atoms with van der Waals surface area (Å²) in [6.45, 7) is 1.58. The van der Waals surface area contributed by atoms with Crippen LogP contribution in [0.25, 0.3) is 0 Å². The van der Waals surface area contributed by atoms with Gasteiger partial charge >= 0.3 is 6.18 Å². The van der Waals surface area contributed by atoms with Crippen LogP contribution in [0, 0.1) is 0 Å². The monoisotopic (exact) mass is 460 g/mol. The highest BCUT2D eigenvalue weighted by atomic mass is 19.4. The van der Waals surface area contributed by atoms with Gasteiger partial charge in [-0.15, -0.1) is 0 Å². The van der Waals surface area contributed by atoms with Crippen LogP contribution in [-0.4, -0.2) is 42.7 Å². The van der Waals surface area contributed by atoms with Crippen molar-refractivity contribution in [2.24, 2.45) is 0 Å². The van der Waals surface area contributed by atoms with Crippen LogP contribution in [0.15, 0.2) is 66.9 Å². The van der Waals surface area contributed by atoms with Crippen molar-refractivity contribution in [3.63, 3.8) is 0 Å². The van der Waals surface area contributed by atoms with Crippen LogP contribution >= 0.6 is 0 Å². The summed E-state index contributed by atoms with van der Waals surface area (Å²) >= 11 is 0. The summed E-state index contributed by atoms with van der Waals surface area (Å²) in [5, 5.41) is 0. The van der Waals surface area contributed by atoms with Gasteiger partial charge in [-0.1, -0.05) is 12.1 Å². The fourth-order valence-electron chi connectivity index (χ4n) is 3.55. The van der Waals surface area contributed by atoms with Crippen molar-refractivity contribution in [3.8, 4) is 5.75 Å². The number of benzene rings is 2. The molecule has 0 unspecified atom stereocenters. The third kappa shape index (κ3) is 6.61. The molecule has 3 rings (SSSR count). The lowest BCUT2D eigenvalue weighted by Gasteiger charge is -2.24. The fraction of sp³-hybridized carbons (Fsp3) is 0.320. The summed E-state index contributed by atoms with van der Waals surface area (Å²) in [5.41, 5.74) is 1.22. The maximum Gasteiger partial charge on any atom is 0.416 e. The van der Waals surface area contributed by atoms with Gasteiger partial charge in [-0.25, -0.2) is 0 Å². The van der Waals surface area contributed by atoms with Crippen molar-refractivity contribution in [2.45, 2.75) is 25.7 Å². The second kappa shape index (κ2) is 11.0. The Morgan fingerprint density at radius 3 is 2.45 bits per heavy atom. The molecule has 1 aromatic heterocycles. The predicted molar refractivity (Wildman–Crippen MR) is 119 cm³/mol. The largest absolute Gasteiger partial charge is 0.497 e. The summed E-state index contributed by atoms with van der Waals surface area (Å²) in [7, 11) is 3.17. The van der Waals surface area contributed by atoms with Gasteiger partial charge in [0.25, 0.3) is 5.91 Å². The maximum atomic E-state index is 13.2. The van der Waals surface area contributed by atoms with E-state index in [-0.39, 0.29) is 12.5 Å². The summed E-state index contributed by atoms with van der Waals surface area (Å²) in [5.74, 6) is 0.521. The first kappa shape index (κ1) is 24.4. The number of halogens is 3. The number of rotatable bonds is 10. The van der Waals surface area contributed by atoms with Gasteiger partial charge in [-0.2, -0.15) is 13.2 Å². The lowest BCUT2D eigenvalue weighted by atomic mass is 10.1. The minimum absolute atomic E-state index is 0.138. The van der Waals surface area contributed by atoms with E-state index in [2.05, 4.69) is 0 Å². The van der Waals surface area contributed by atoms with Crippen molar-refractivity contribution in [1.82, 2.24) is 9.47 Å². The number of carbonyl (C=O) groups excluding carboxylic acids is 1. The van der Waals surface area contributed by atoms with Crippen LogP contribution in [0.1, 0.15) is 33.6 Å². The molecule has 8 heteroatoms. The Kier molecular flexibility index (Phi) is 8.16. The molecule has 33 heavy (non-hydrogen) atoms. The molecule has 5 nitrogen and oxygen atoms in total. The van der Waals surface area contributed by atoms with Crippen molar-refractivity contribution in [1.29, 1.82) is 0 Å². The number of amides is 1. The molecule has 0 saturated heterocycles. The first-order valence-electron chi connectivity index (χ1n) is 10.5.